The molecule has 0 unspecified atom stereocenters. The average molecular weight is 673 g/mol. The molecule has 2 aliphatic rings. The Morgan fingerprint density at radius 3 is 2.65 bits per heavy atom. The molecule has 48 heavy (non-hydrogen) atoms. The highest BCUT2D eigenvalue weighted by atomic mass is 35.5. The molecule has 0 radical (unpaired) electrons. The van der Waals surface area contributed by atoms with Crippen molar-refractivity contribution in [1.29, 1.82) is 0 Å². The van der Waals surface area contributed by atoms with Gasteiger partial charge >= 0.3 is 6.03 Å². The summed E-state index contributed by atoms with van der Waals surface area (Å²) < 4.78 is 7.53. The number of fused-ring (bicyclic) bond motifs is 1. The number of aromatic nitrogens is 3. The van der Waals surface area contributed by atoms with Crippen LogP contribution in [0.5, 0.6) is 0 Å². The normalized spacial score (nSPS) is 16.6. The number of carbonyl (C=O) groups excluding carboxylic acids is 1. The molecule has 0 atom stereocenters. The molecule has 2 aromatic carbocycles. The van der Waals surface area contributed by atoms with E-state index in [-0.39, 0.29) is 6.03 Å². The fourth-order valence-corrected chi connectivity index (χ4v) is 7.00. The van der Waals surface area contributed by atoms with Crippen molar-refractivity contribution >= 4 is 34.4 Å². The molecule has 6 rings (SSSR count). The maximum atomic E-state index is 13.2. The number of amides is 2. The number of likely N-dealkylation sites (N-methyl/N-ethyl adjacent to an activating group) is 1. The van der Waals surface area contributed by atoms with Gasteiger partial charge in [-0.1, -0.05) is 42.8 Å². The van der Waals surface area contributed by atoms with E-state index >= 15 is 0 Å². The number of nitrogens with zero attached hydrogens (tertiary/aromatic N) is 5. The van der Waals surface area contributed by atoms with Crippen LogP contribution in [0.1, 0.15) is 55.5 Å². The zero-order valence-corrected chi connectivity index (χ0v) is 29.3. The molecule has 10 nitrogen and oxygen atoms in total. The maximum absolute atomic E-state index is 13.2. The molecule has 4 heterocycles. The predicted octanol–water partition coefficient (Wildman–Crippen LogP) is 6.06. The van der Waals surface area contributed by atoms with Crippen LogP contribution in [0.3, 0.4) is 0 Å². The molecule has 2 aliphatic heterocycles. The topological polar surface area (TPSA) is 99.6 Å². The summed E-state index contributed by atoms with van der Waals surface area (Å²) in [4.78, 5) is 23.1. The third-order valence-corrected chi connectivity index (χ3v) is 9.87. The minimum atomic E-state index is -0.236. The predicted molar refractivity (Wildman–Crippen MR) is 193 cm³/mol. The quantitative estimate of drug-likeness (QED) is 0.178. The molecule has 4 aromatic rings. The highest BCUT2D eigenvalue weighted by Crippen LogP contribution is 2.32. The molecule has 2 saturated heterocycles. The Morgan fingerprint density at radius 1 is 1.00 bits per heavy atom. The molecular formula is C37H49ClN8O2. The minimum Gasteiger partial charge on any atom is -0.381 e. The van der Waals surface area contributed by atoms with E-state index in [1.165, 1.54) is 12.0 Å². The zero-order valence-electron chi connectivity index (χ0n) is 28.5. The number of aryl methyl sites for hydroxylation is 2. The van der Waals surface area contributed by atoms with E-state index in [4.69, 9.17) is 21.3 Å². The molecule has 0 saturated carbocycles. The van der Waals surface area contributed by atoms with E-state index in [0.717, 1.165) is 116 Å². The summed E-state index contributed by atoms with van der Waals surface area (Å²) in [6.07, 6.45) is 5.69. The molecule has 2 amide bonds. The van der Waals surface area contributed by atoms with Crippen LogP contribution in [0, 0.1) is 0 Å². The van der Waals surface area contributed by atoms with Crippen molar-refractivity contribution in [1.82, 2.24) is 35.2 Å². The van der Waals surface area contributed by atoms with Crippen molar-refractivity contribution in [3.05, 3.63) is 76.1 Å². The number of urea groups is 1. The van der Waals surface area contributed by atoms with Crippen molar-refractivity contribution in [3.8, 4) is 11.1 Å². The Morgan fingerprint density at radius 2 is 1.83 bits per heavy atom. The lowest BCUT2D eigenvalue weighted by Crippen LogP contribution is -2.35. The lowest BCUT2D eigenvalue weighted by atomic mass is 10.0. The Labute approximate surface area is 289 Å². The van der Waals surface area contributed by atoms with Gasteiger partial charge in [0.1, 0.15) is 0 Å². The van der Waals surface area contributed by atoms with Crippen LogP contribution in [0.4, 0.5) is 10.5 Å². The van der Waals surface area contributed by atoms with Gasteiger partial charge in [-0.2, -0.15) is 5.10 Å². The number of pyridine rings is 1. The van der Waals surface area contributed by atoms with Crippen molar-refractivity contribution in [2.45, 2.75) is 71.8 Å². The van der Waals surface area contributed by atoms with Gasteiger partial charge in [-0.15, -0.1) is 0 Å². The number of carbonyl (C=O) groups is 1. The van der Waals surface area contributed by atoms with Gasteiger partial charge in [0.2, 0.25) is 0 Å². The third-order valence-electron chi connectivity index (χ3n) is 9.54. The van der Waals surface area contributed by atoms with E-state index in [2.05, 4.69) is 82.1 Å². The van der Waals surface area contributed by atoms with Crippen LogP contribution >= 0.6 is 11.6 Å². The summed E-state index contributed by atoms with van der Waals surface area (Å²) in [5.41, 5.74) is 8.16. The highest BCUT2D eigenvalue weighted by molar-refractivity contribution is 6.33. The molecule has 256 valence electrons. The second-order valence-electron chi connectivity index (χ2n) is 13.0. The highest BCUT2D eigenvalue weighted by Gasteiger charge is 2.22. The van der Waals surface area contributed by atoms with Gasteiger partial charge < -0.3 is 25.6 Å². The Kier molecular flexibility index (Phi) is 11.5. The number of anilines is 1. The molecule has 11 heteroatoms. The molecule has 0 spiro atoms. The van der Waals surface area contributed by atoms with E-state index in [1.807, 2.05) is 23.0 Å². The molecule has 2 fully saturated rings. The van der Waals surface area contributed by atoms with Crippen LogP contribution in [0.2, 0.25) is 5.02 Å². The molecule has 2 aromatic heterocycles. The second kappa shape index (κ2) is 16.1. The molecular weight excluding hydrogens is 624 g/mol. The third kappa shape index (κ3) is 8.29. The monoisotopic (exact) mass is 672 g/mol. The Balaban J connectivity index is 1.13. The van der Waals surface area contributed by atoms with Gasteiger partial charge in [0.15, 0.2) is 5.65 Å². The molecule has 0 aliphatic carbocycles. The van der Waals surface area contributed by atoms with E-state index < -0.39 is 0 Å². The van der Waals surface area contributed by atoms with Crippen LogP contribution in [0.25, 0.3) is 22.2 Å². The van der Waals surface area contributed by atoms with E-state index in [1.54, 1.807) is 0 Å². The summed E-state index contributed by atoms with van der Waals surface area (Å²) in [6.45, 7) is 12.5. The van der Waals surface area contributed by atoms with Crippen LogP contribution in [-0.2, 0) is 37.3 Å². The number of ether oxygens (including phenoxy) is 1. The summed E-state index contributed by atoms with van der Waals surface area (Å²) in [5, 5.41) is 16.2. The standard InChI is InChI=1S/C37H49ClN8O2/c1-4-34-31(35(42-29-12-18-48-19-13-29)32-24-41-46(5-2)36(32)43-34)23-40-37(47)39-22-26-10-11-33(38)30(21-26)28-9-6-8-27(20-28)25-45-15-7-14-44(3)16-17-45/h6,8-11,20-21,24,29H,4-5,7,12-19,22-23,25H2,1-3H3,(H,42,43)(H2,39,40,47). The van der Waals surface area contributed by atoms with Crippen LogP contribution < -0.4 is 16.0 Å². The van der Waals surface area contributed by atoms with Crippen LogP contribution in [0.15, 0.2) is 48.7 Å². The van der Waals surface area contributed by atoms with Gasteiger partial charge in [-0.05, 0) is 87.6 Å². The Hall–Kier alpha value is -3.70. The second-order valence-corrected chi connectivity index (χ2v) is 13.4. The van der Waals surface area contributed by atoms with Gasteiger partial charge in [-0.25, -0.2) is 14.5 Å². The number of rotatable bonds is 11. The van der Waals surface area contributed by atoms with Crippen molar-refractivity contribution in [2.75, 3.05) is 51.8 Å². The Bertz CT molecular complexity index is 1700. The first-order valence-corrected chi connectivity index (χ1v) is 17.8. The maximum Gasteiger partial charge on any atom is 0.315 e. The lowest BCUT2D eigenvalue weighted by Gasteiger charge is -2.26. The molecule has 0 bridgehead atoms. The smallest absolute Gasteiger partial charge is 0.315 e. The number of hydrogen-bond donors (Lipinski definition) is 3. The summed E-state index contributed by atoms with van der Waals surface area (Å²) in [7, 11) is 2.20. The van der Waals surface area contributed by atoms with Crippen molar-refractivity contribution in [2.24, 2.45) is 0 Å². The molecule has 3 N–H and O–H groups in total. The summed E-state index contributed by atoms with van der Waals surface area (Å²) >= 11 is 6.72. The number of benzene rings is 2. The van der Waals surface area contributed by atoms with E-state index in [0.29, 0.717) is 24.2 Å². The first-order chi connectivity index (χ1) is 23.4. The SMILES string of the molecule is CCc1nc2c(cnn2CC)c(NC2CCOCC2)c1CNC(=O)NCc1ccc(Cl)c(-c2cccc(CN3CCCN(C)CC3)c2)c1. The average Bonchev–Trinajstić information content (AvgIpc) is 3.41. The van der Waals surface area contributed by atoms with Crippen LogP contribution in [-0.4, -0.2) is 83.1 Å². The summed E-state index contributed by atoms with van der Waals surface area (Å²) in [5.74, 6) is 0. The zero-order chi connectivity index (χ0) is 33.5. The number of nitrogens with one attached hydrogen (secondary N) is 3. The fourth-order valence-electron chi connectivity index (χ4n) is 6.77. The van der Waals surface area contributed by atoms with Crippen molar-refractivity contribution < 1.29 is 9.53 Å². The van der Waals surface area contributed by atoms with Crippen molar-refractivity contribution in [3.63, 3.8) is 0 Å². The largest absolute Gasteiger partial charge is 0.381 e. The fraction of sp³-hybridized carbons (Fsp3) is 0.486. The number of halogens is 1. The van der Waals surface area contributed by atoms with Gasteiger partial charge in [-0.3, -0.25) is 4.90 Å². The minimum absolute atomic E-state index is 0.236. The number of hydrogen-bond acceptors (Lipinski definition) is 7. The lowest BCUT2D eigenvalue weighted by molar-refractivity contribution is 0.0904. The summed E-state index contributed by atoms with van der Waals surface area (Å²) in [6, 6.07) is 14.7. The van der Waals surface area contributed by atoms with Gasteiger partial charge in [0.05, 0.1) is 17.3 Å². The van der Waals surface area contributed by atoms with Gasteiger partial charge in [0, 0.05) is 80.4 Å². The first-order valence-electron chi connectivity index (χ1n) is 17.4. The van der Waals surface area contributed by atoms with Gasteiger partial charge in [0.25, 0.3) is 0 Å². The first kappa shape index (κ1) is 34.2. The van der Waals surface area contributed by atoms with E-state index in [9.17, 15) is 4.79 Å².